The third-order valence-corrected chi connectivity index (χ3v) is 2.19. The van der Waals surface area contributed by atoms with E-state index in [1.165, 1.54) is 0 Å². The van der Waals surface area contributed by atoms with Gasteiger partial charge < -0.3 is 0 Å². The molecule has 0 amide bonds. The second kappa shape index (κ2) is 5.86. The number of nitrogens with zero attached hydrogens (tertiary/aromatic N) is 3. The summed E-state index contributed by atoms with van der Waals surface area (Å²) in [7, 11) is 0. The van der Waals surface area contributed by atoms with Crippen molar-refractivity contribution < 1.29 is 0 Å². The maximum Gasteiger partial charge on any atom is 0.150 e. The van der Waals surface area contributed by atoms with Crippen molar-refractivity contribution in [2.45, 2.75) is 33.2 Å². The SMILES string of the molecule is CCc1nc(CC)n(CC=CCS)n1. The first kappa shape index (κ1) is 11.3. The smallest absolute Gasteiger partial charge is 0.150 e. The van der Waals surface area contributed by atoms with Crippen LogP contribution in [0.1, 0.15) is 25.5 Å². The maximum atomic E-state index is 4.42. The normalized spacial score (nSPS) is 11.4. The van der Waals surface area contributed by atoms with Gasteiger partial charge in [0.05, 0.1) is 6.54 Å². The topological polar surface area (TPSA) is 30.7 Å². The summed E-state index contributed by atoms with van der Waals surface area (Å²) in [5.74, 6) is 2.77. The summed E-state index contributed by atoms with van der Waals surface area (Å²) in [6, 6.07) is 0. The Bertz CT molecular complexity index is 304. The molecular weight excluding hydrogens is 194 g/mol. The molecule has 0 saturated heterocycles. The third kappa shape index (κ3) is 2.87. The lowest BCUT2D eigenvalue weighted by molar-refractivity contribution is 0.648. The van der Waals surface area contributed by atoms with Crippen molar-refractivity contribution in [3.05, 3.63) is 23.8 Å². The Labute approximate surface area is 90.6 Å². The zero-order valence-corrected chi connectivity index (χ0v) is 9.67. The summed E-state index contributed by atoms with van der Waals surface area (Å²) >= 11 is 4.11. The fourth-order valence-electron chi connectivity index (χ4n) is 1.23. The third-order valence-electron chi connectivity index (χ3n) is 1.98. The highest BCUT2D eigenvalue weighted by Gasteiger charge is 2.04. The minimum atomic E-state index is 0.775. The van der Waals surface area contributed by atoms with E-state index in [9.17, 15) is 0 Å². The highest BCUT2D eigenvalue weighted by Crippen LogP contribution is 2.01. The average molecular weight is 211 g/mol. The molecule has 0 aliphatic carbocycles. The minimum absolute atomic E-state index is 0.775. The first-order valence-electron chi connectivity index (χ1n) is 5.00. The molecule has 0 atom stereocenters. The Hall–Kier alpha value is -0.770. The molecule has 3 nitrogen and oxygen atoms in total. The second-order valence-corrected chi connectivity index (χ2v) is 3.35. The molecule has 0 spiro atoms. The summed E-state index contributed by atoms with van der Waals surface area (Å²) < 4.78 is 1.96. The number of allylic oxidation sites excluding steroid dienone is 1. The van der Waals surface area contributed by atoms with Crippen LogP contribution in [0.4, 0.5) is 0 Å². The van der Waals surface area contributed by atoms with Crippen LogP contribution in [0.15, 0.2) is 12.2 Å². The molecule has 0 unspecified atom stereocenters. The molecule has 1 heterocycles. The molecule has 0 radical (unpaired) electrons. The predicted octanol–water partition coefficient (Wildman–Crippen LogP) is 1.89. The summed E-state index contributed by atoms with van der Waals surface area (Å²) in [6.07, 6.45) is 5.92. The monoisotopic (exact) mass is 211 g/mol. The Morgan fingerprint density at radius 2 is 2.07 bits per heavy atom. The van der Waals surface area contributed by atoms with Gasteiger partial charge in [0.2, 0.25) is 0 Å². The fraction of sp³-hybridized carbons (Fsp3) is 0.600. The Balaban J connectivity index is 2.73. The van der Waals surface area contributed by atoms with Crippen molar-refractivity contribution in [3.63, 3.8) is 0 Å². The van der Waals surface area contributed by atoms with E-state index in [1.54, 1.807) is 0 Å². The molecule has 0 aliphatic heterocycles. The number of aromatic nitrogens is 3. The molecule has 1 aromatic rings. The van der Waals surface area contributed by atoms with Crippen molar-refractivity contribution in [2.75, 3.05) is 5.75 Å². The average Bonchev–Trinajstić information content (AvgIpc) is 2.61. The van der Waals surface area contributed by atoms with Gasteiger partial charge in [0, 0.05) is 18.6 Å². The van der Waals surface area contributed by atoms with Crippen LogP contribution in [-0.2, 0) is 19.4 Å². The van der Waals surface area contributed by atoms with Gasteiger partial charge in [-0.2, -0.15) is 17.7 Å². The first-order valence-corrected chi connectivity index (χ1v) is 5.63. The van der Waals surface area contributed by atoms with Gasteiger partial charge >= 0.3 is 0 Å². The summed E-state index contributed by atoms with van der Waals surface area (Å²) in [6.45, 7) is 4.97. The summed E-state index contributed by atoms with van der Waals surface area (Å²) in [4.78, 5) is 4.42. The van der Waals surface area contributed by atoms with Crippen molar-refractivity contribution in [2.24, 2.45) is 0 Å². The lowest BCUT2D eigenvalue weighted by atomic mass is 10.4. The van der Waals surface area contributed by atoms with E-state index < -0.39 is 0 Å². The van der Waals surface area contributed by atoms with E-state index in [0.717, 1.165) is 36.8 Å². The van der Waals surface area contributed by atoms with Crippen LogP contribution < -0.4 is 0 Å². The Morgan fingerprint density at radius 3 is 2.64 bits per heavy atom. The lowest BCUT2D eigenvalue weighted by Gasteiger charge is -1.98. The van der Waals surface area contributed by atoms with E-state index in [1.807, 2.05) is 10.8 Å². The lowest BCUT2D eigenvalue weighted by Crippen LogP contribution is -2.03. The van der Waals surface area contributed by atoms with Crippen LogP contribution in [0.25, 0.3) is 0 Å². The zero-order valence-electron chi connectivity index (χ0n) is 8.77. The van der Waals surface area contributed by atoms with Gasteiger partial charge in [-0.1, -0.05) is 26.0 Å². The van der Waals surface area contributed by atoms with E-state index in [-0.39, 0.29) is 0 Å². The number of hydrogen-bond acceptors (Lipinski definition) is 3. The van der Waals surface area contributed by atoms with E-state index in [0.29, 0.717) is 0 Å². The van der Waals surface area contributed by atoms with Crippen molar-refractivity contribution in [1.29, 1.82) is 0 Å². The molecule has 0 aliphatic rings. The first-order chi connectivity index (χ1) is 6.81. The number of rotatable bonds is 5. The van der Waals surface area contributed by atoms with Crippen LogP contribution in [0.3, 0.4) is 0 Å². The summed E-state index contributed by atoms with van der Waals surface area (Å²) in [5.41, 5.74) is 0. The van der Waals surface area contributed by atoms with Crippen LogP contribution >= 0.6 is 12.6 Å². The van der Waals surface area contributed by atoms with Gasteiger partial charge in [0.25, 0.3) is 0 Å². The van der Waals surface area contributed by atoms with Crippen molar-refractivity contribution >= 4 is 12.6 Å². The molecule has 0 N–H and O–H groups in total. The quantitative estimate of drug-likeness (QED) is 0.595. The largest absolute Gasteiger partial charge is 0.246 e. The number of hydrogen-bond donors (Lipinski definition) is 1. The molecule has 0 saturated carbocycles. The molecule has 14 heavy (non-hydrogen) atoms. The van der Waals surface area contributed by atoms with E-state index >= 15 is 0 Å². The molecule has 0 aromatic carbocycles. The van der Waals surface area contributed by atoms with Crippen LogP contribution in [0.5, 0.6) is 0 Å². The van der Waals surface area contributed by atoms with E-state index in [4.69, 9.17) is 0 Å². The van der Waals surface area contributed by atoms with Gasteiger partial charge in [-0.3, -0.25) is 0 Å². The maximum absolute atomic E-state index is 4.42. The second-order valence-electron chi connectivity index (χ2n) is 2.99. The molecular formula is C10H17N3S. The van der Waals surface area contributed by atoms with Crippen molar-refractivity contribution in [1.82, 2.24) is 14.8 Å². The zero-order chi connectivity index (χ0) is 10.4. The van der Waals surface area contributed by atoms with Gasteiger partial charge in [-0.05, 0) is 0 Å². The van der Waals surface area contributed by atoms with Crippen molar-refractivity contribution in [3.8, 4) is 0 Å². The molecule has 0 fully saturated rings. The molecule has 4 heteroatoms. The standard InChI is InChI=1S/C10H17N3S/c1-3-9-11-10(4-2)13(12-9)7-5-6-8-14/h5-6,14H,3-4,7-8H2,1-2H3. The molecule has 1 aromatic heterocycles. The minimum Gasteiger partial charge on any atom is -0.246 e. The van der Waals surface area contributed by atoms with Crippen LogP contribution in [0, 0.1) is 0 Å². The highest BCUT2D eigenvalue weighted by atomic mass is 32.1. The van der Waals surface area contributed by atoms with Crippen LogP contribution in [-0.4, -0.2) is 20.5 Å². The molecule has 78 valence electrons. The van der Waals surface area contributed by atoms with Gasteiger partial charge in [-0.25, -0.2) is 9.67 Å². The van der Waals surface area contributed by atoms with Crippen LogP contribution in [0.2, 0.25) is 0 Å². The highest BCUT2D eigenvalue weighted by molar-refractivity contribution is 7.80. The Kier molecular flexibility index (Phi) is 4.73. The molecule has 1 rings (SSSR count). The van der Waals surface area contributed by atoms with Gasteiger partial charge in [0.15, 0.2) is 5.82 Å². The van der Waals surface area contributed by atoms with E-state index in [2.05, 4.69) is 42.6 Å². The Morgan fingerprint density at radius 1 is 1.29 bits per heavy atom. The van der Waals surface area contributed by atoms with Gasteiger partial charge in [0.1, 0.15) is 5.82 Å². The number of thiol groups is 1. The number of aryl methyl sites for hydroxylation is 2. The molecule has 0 bridgehead atoms. The fourth-order valence-corrected chi connectivity index (χ4v) is 1.38. The van der Waals surface area contributed by atoms with Gasteiger partial charge in [-0.15, -0.1) is 0 Å². The summed E-state index contributed by atoms with van der Waals surface area (Å²) in [5, 5.41) is 4.40. The predicted molar refractivity (Wildman–Crippen MR) is 61.8 cm³/mol.